The zero-order valence-corrected chi connectivity index (χ0v) is 16.7. The number of urea groups is 1. The van der Waals surface area contributed by atoms with Gasteiger partial charge in [0.1, 0.15) is 11.3 Å². The van der Waals surface area contributed by atoms with Crippen LogP contribution in [0.2, 0.25) is 0 Å². The van der Waals surface area contributed by atoms with Crippen LogP contribution in [-0.4, -0.2) is 48.7 Å². The van der Waals surface area contributed by atoms with Gasteiger partial charge in [0, 0.05) is 0 Å². The number of piperidine rings is 1. The number of rotatable bonds is 7. The van der Waals surface area contributed by atoms with Crippen molar-refractivity contribution in [1.82, 2.24) is 10.2 Å². The summed E-state index contributed by atoms with van der Waals surface area (Å²) in [6.07, 6.45) is 6.02. The number of ether oxygens (including phenoxy) is 1. The molecule has 1 aromatic carbocycles. The molecule has 0 radical (unpaired) electrons. The SMILES string of the molecule is CC[C@H]1CCCC[NH+]1CN1C(=O)N[C@](C)(CCc2ccc(OC)cc2)C1=O. The molecule has 2 saturated heterocycles. The van der Waals surface area contributed by atoms with Gasteiger partial charge in [0.05, 0.1) is 19.7 Å². The molecule has 2 fully saturated rings. The Hall–Kier alpha value is -2.08. The van der Waals surface area contributed by atoms with Crippen LogP contribution >= 0.6 is 0 Å². The van der Waals surface area contributed by atoms with Crippen LogP contribution in [0.4, 0.5) is 4.79 Å². The van der Waals surface area contributed by atoms with Crippen LogP contribution in [-0.2, 0) is 11.2 Å². The number of likely N-dealkylation sites (tertiary alicyclic amines) is 1. The van der Waals surface area contributed by atoms with Crippen molar-refractivity contribution < 1.29 is 19.2 Å². The first kappa shape index (κ1) is 19.7. The summed E-state index contributed by atoms with van der Waals surface area (Å²) in [4.78, 5) is 28.4. The van der Waals surface area contributed by atoms with E-state index in [1.54, 1.807) is 7.11 Å². The average molecular weight is 375 g/mol. The summed E-state index contributed by atoms with van der Waals surface area (Å²) in [5.74, 6) is 0.727. The van der Waals surface area contributed by atoms with Crippen molar-refractivity contribution in [3.05, 3.63) is 29.8 Å². The number of amides is 3. The topological polar surface area (TPSA) is 63.1 Å². The molecule has 3 amide bonds. The lowest BCUT2D eigenvalue weighted by molar-refractivity contribution is -0.937. The van der Waals surface area contributed by atoms with Crippen LogP contribution in [0, 0.1) is 0 Å². The molecule has 6 heteroatoms. The second-order valence-corrected chi connectivity index (χ2v) is 8.01. The molecule has 1 aromatic rings. The second kappa shape index (κ2) is 8.30. The van der Waals surface area contributed by atoms with Gasteiger partial charge in [0.25, 0.3) is 5.91 Å². The molecule has 6 nitrogen and oxygen atoms in total. The molecule has 2 N–H and O–H groups in total. The maximum Gasteiger partial charge on any atom is 0.329 e. The lowest BCUT2D eigenvalue weighted by atomic mass is 9.93. The van der Waals surface area contributed by atoms with Crippen molar-refractivity contribution >= 4 is 11.9 Å². The molecule has 148 valence electrons. The largest absolute Gasteiger partial charge is 0.497 e. The van der Waals surface area contributed by atoms with Crippen LogP contribution in [0.25, 0.3) is 0 Å². The number of benzene rings is 1. The minimum atomic E-state index is -0.825. The van der Waals surface area contributed by atoms with Crippen LogP contribution in [0.15, 0.2) is 24.3 Å². The third-order valence-electron chi connectivity index (χ3n) is 6.15. The van der Waals surface area contributed by atoms with Crippen LogP contribution in [0.3, 0.4) is 0 Å². The number of carbonyl (C=O) groups is 2. The molecule has 0 aliphatic carbocycles. The van der Waals surface area contributed by atoms with Gasteiger partial charge >= 0.3 is 6.03 Å². The highest BCUT2D eigenvalue weighted by Gasteiger charge is 2.49. The summed E-state index contributed by atoms with van der Waals surface area (Å²) in [5.41, 5.74) is 0.304. The van der Waals surface area contributed by atoms with E-state index >= 15 is 0 Å². The van der Waals surface area contributed by atoms with Crippen molar-refractivity contribution in [2.24, 2.45) is 0 Å². The van der Waals surface area contributed by atoms with E-state index in [0.717, 1.165) is 30.7 Å². The van der Waals surface area contributed by atoms with E-state index < -0.39 is 5.54 Å². The van der Waals surface area contributed by atoms with Gasteiger partial charge in [-0.15, -0.1) is 0 Å². The molecule has 3 atom stereocenters. The number of nitrogens with one attached hydrogen (secondary N) is 2. The van der Waals surface area contributed by atoms with Crippen LogP contribution in [0.5, 0.6) is 5.75 Å². The summed E-state index contributed by atoms with van der Waals surface area (Å²) < 4.78 is 5.18. The first-order chi connectivity index (χ1) is 13.0. The Balaban J connectivity index is 1.62. The van der Waals surface area contributed by atoms with Gasteiger partial charge < -0.3 is 15.0 Å². The summed E-state index contributed by atoms with van der Waals surface area (Å²) in [6.45, 7) is 5.57. The molecule has 0 bridgehead atoms. The van der Waals surface area contributed by atoms with E-state index in [4.69, 9.17) is 4.74 Å². The van der Waals surface area contributed by atoms with E-state index in [1.165, 1.54) is 29.1 Å². The smallest absolute Gasteiger partial charge is 0.329 e. The molecule has 0 aromatic heterocycles. The quantitative estimate of drug-likeness (QED) is 0.715. The van der Waals surface area contributed by atoms with Gasteiger partial charge in [-0.25, -0.2) is 9.69 Å². The average Bonchev–Trinajstić information content (AvgIpc) is 2.90. The highest BCUT2D eigenvalue weighted by Crippen LogP contribution is 2.23. The number of nitrogens with zero attached hydrogens (tertiary/aromatic N) is 1. The number of methoxy groups -OCH3 is 1. The van der Waals surface area contributed by atoms with Gasteiger partial charge in [0.2, 0.25) is 0 Å². The van der Waals surface area contributed by atoms with Crippen LogP contribution < -0.4 is 15.0 Å². The van der Waals surface area contributed by atoms with Gasteiger partial charge in [-0.1, -0.05) is 19.1 Å². The predicted octanol–water partition coefficient (Wildman–Crippen LogP) is 1.74. The van der Waals surface area contributed by atoms with Gasteiger partial charge in [-0.2, -0.15) is 0 Å². The minimum absolute atomic E-state index is 0.0889. The Labute approximate surface area is 161 Å². The summed E-state index contributed by atoms with van der Waals surface area (Å²) in [6, 6.07) is 8.15. The maximum atomic E-state index is 13.0. The van der Waals surface area contributed by atoms with Crippen molar-refractivity contribution in [3.8, 4) is 5.75 Å². The molecule has 27 heavy (non-hydrogen) atoms. The lowest BCUT2D eigenvalue weighted by Crippen LogP contribution is -3.18. The second-order valence-electron chi connectivity index (χ2n) is 8.01. The van der Waals surface area contributed by atoms with Crippen LogP contribution in [0.1, 0.15) is 51.5 Å². The van der Waals surface area contributed by atoms with Gasteiger partial charge in [-0.3, -0.25) is 4.79 Å². The Morgan fingerprint density at radius 2 is 2.00 bits per heavy atom. The van der Waals surface area contributed by atoms with Crippen molar-refractivity contribution in [1.29, 1.82) is 0 Å². The van der Waals surface area contributed by atoms with Crippen molar-refractivity contribution in [3.63, 3.8) is 0 Å². The van der Waals surface area contributed by atoms with E-state index in [-0.39, 0.29) is 11.9 Å². The van der Waals surface area contributed by atoms with E-state index in [9.17, 15) is 9.59 Å². The fourth-order valence-electron chi connectivity index (χ4n) is 4.30. The summed E-state index contributed by atoms with van der Waals surface area (Å²) in [7, 11) is 1.64. The Morgan fingerprint density at radius 1 is 1.26 bits per heavy atom. The monoisotopic (exact) mass is 374 g/mol. The van der Waals surface area contributed by atoms with E-state index in [1.807, 2.05) is 31.2 Å². The zero-order chi connectivity index (χ0) is 19.4. The first-order valence-electron chi connectivity index (χ1n) is 10.1. The molecule has 2 aliphatic rings. The minimum Gasteiger partial charge on any atom is -0.497 e. The van der Waals surface area contributed by atoms with E-state index in [0.29, 0.717) is 19.1 Å². The summed E-state index contributed by atoms with van der Waals surface area (Å²) >= 11 is 0. The molecule has 2 aliphatic heterocycles. The number of quaternary nitrogens is 1. The van der Waals surface area contributed by atoms with Gasteiger partial charge in [-0.05, 0) is 63.1 Å². The predicted molar refractivity (Wildman–Crippen MR) is 104 cm³/mol. The molecular weight excluding hydrogens is 342 g/mol. The van der Waals surface area contributed by atoms with E-state index in [2.05, 4.69) is 12.2 Å². The maximum absolute atomic E-state index is 13.0. The Morgan fingerprint density at radius 3 is 2.67 bits per heavy atom. The van der Waals surface area contributed by atoms with Crippen molar-refractivity contribution in [2.45, 2.75) is 64.0 Å². The molecule has 0 saturated carbocycles. The third-order valence-corrected chi connectivity index (χ3v) is 6.15. The molecule has 3 rings (SSSR count). The highest BCUT2D eigenvalue weighted by molar-refractivity contribution is 6.06. The number of aryl methyl sites for hydroxylation is 1. The van der Waals surface area contributed by atoms with Crippen molar-refractivity contribution in [2.75, 3.05) is 20.3 Å². The first-order valence-corrected chi connectivity index (χ1v) is 10.1. The molecule has 2 heterocycles. The number of hydrogen-bond donors (Lipinski definition) is 2. The highest BCUT2D eigenvalue weighted by atomic mass is 16.5. The molecule has 0 spiro atoms. The number of imide groups is 1. The Bertz CT molecular complexity index is 676. The Kier molecular flexibility index (Phi) is 6.05. The number of hydrogen-bond acceptors (Lipinski definition) is 3. The zero-order valence-electron chi connectivity index (χ0n) is 16.7. The number of carbonyl (C=O) groups excluding carboxylic acids is 2. The fourth-order valence-corrected chi connectivity index (χ4v) is 4.30. The standard InChI is InChI=1S/C21H31N3O3/c1-4-17-7-5-6-14-23(17)15-24-19(25)21(2,22-20(24)26)13-12-16-8-10-18(27-3)11-9-16/h8-11,17H,4-7,12-15H2,1-3H3,(H,22,26)/p+1/t17-,21+/m0/s1. The fraction of sp³-hybridized carbons (Fsp3) is 0.619. The lowest BCUT2D eigenvalue weighted by Gasteiger charge is -2.33. The summed E-state index contributed by atoms with van der Waals surface area (Å²) in [5, 5.41) is 2.94. The van der Waals surface area contributed by atoms with Gasteiger partial charge in [0.15, 0.2) is 6.67 Å². The normalized spacial score (nSPS) is 28.3. The molecule has 1 unspecified atom stereocenters. The molecular formula is C21H32N3O3+. The third kappa shape index (κ3) is 4.26.